The Labute approximate surface area is 351 Å². The molecule has 5 aromatic rings. The van der Waals surface area contributed by atoms with Crippen molar-refractivity contribution in [3.63, 3.8) is 0 Å². The van der Waals surface area contributed by atoms with Crippen LogP contribution in [0.25, 0.3) is 11.4 Å². The Morgan fingerprint density at radius 3 is 1.09 bits per heavy atom. The van der Waals surface area contributed by atoms with Gasteiger partial charge in [0.25, 0.3) is 0 Å². The predicted molar refractivity (Wildman–Crippen MR) is 185 cm³/mol. The molecule has 0 aliphatic carbocycles. The number of para-hydroxylation sites is 2. The Morgan fingerprint density at radius 1 is 0.414 bits per heavy atom. The van der Waals surface area contributed by atoms with Gasteiger partial charge in [-0.15, -0.1) is 20.5 Å². The zero-order valence-corrected chi connectivity index (χ0v) is 33.4. The number of benzene rings is 3. The molecule has 4 bridgehead atoms. The number of rotatable bonds is 1. The van der Waals surface area contributed by atoms with Gasteiger partial charge in [-0.05, 0) is 71.8 Å². The average Bonchev–Trinajstić information content (AvgIpc) is 3.18. The SMILES string of the molecule is [Cu+2].[O-][Cl+3]([O-])([O-])[O-].[O-][Cl+3]([O-])([O-])[O-].c1ccc(-c2ccccn2)nc1.c1ccc2c(c1)OCCOc1ccc(cc1)CNCCNCCNCc1ccc(cc1)OCCO2. The molecule has 3 N–H and O–H groups in total. The van der Waals surface area contributed by atoms with Crippen LogP contribution in [-0.4, -0.2) is 62.6 Å². The molecule has 0 saturated heterocycles. The van der Waals surface area contributed by atoms with Gasteiger partial charge in [-0.3, -0.25) is 9.97 Å². The van der Waals surface area contributed by atoms with Crippen molar-refractivity contribution in [2.24, 2.45) is 0 Å². The van der Waals surface area contributed by atoms with E-state index in [-0.39, 0.29) is 17.1 Å². The van der Waals surface area contributed by atoms with Gasteiger partial charge in [0, 0.05) is 51.7 Å². The fourth-order valence-electron chi connectivity index (χ4n) is 4.69. The van der Waals surface area contributed by atoms with Gasteiger partial charge in [0.2, 0.25) is 0 Å². The summed E-state index contributed by atoms with van der Waals surface area (Å²) in [5.41, 5.74) is 4.29. The molecule has 0 unspecified atom stereocenters. The van der Waals surface area contributed by atoms with E-state index in [1.807, 2.05) is 84.9 Å². The van der Waals surface area contributed by atoms with Crippen LogP contribution in [0.5, 0.6) is 23.0 Å². The van der Waals surface area contributed by atoms with Crippen molar-refractivity contribution in [3.05, 3.63) is 133 Å². The van der Waals surface area contributed by atoms with Gasteiger partial charge in [0.1, 0.15) is 37.9 Å². The van der Waals surface area contributed by atoms with Crippen LogP contribution >= 0.6 is 0 Å². The number of hydrogen-bond acceptors (Lipinski definition) is 17. The third-order valence-corrected chi connectivity index (χ3v) is 7.12. The average molecular weight is 896 g/mol. The molecule has 1 radical (unpaired) electrons. The number of hydrogen-bond donors (Lipinski definition) is 3. The molecular formula is C38H43Cl2CuN5O12. The molecule has 0 amide bonds. The molecule has 0 saturated carbocycles. The van der Waals surface area contributed by atoms with Crippen molar-refractivity contribution < 1.29 is 93.8 Å². The van der Waals surface area contributed by atoms with E-state index >= 15 is 0 Å². The normalized spacial score (nSPS) is 14.1. The summed E-state index contributed by atoms with van der Waals surface area (Å²) in [4.78, 5) is 8.37. The molecule has 0 atom stereocenters. The quantitative estimate of drug-likeness (QED) is 0.135. The molecule has 20 heteroatoms. The molecule has 3 aromatic carbocycles. The first-order chi connectivity index (χ1) is 27.3. The number of pyridine rings is 2. The molecule has 17 nitrogen and oxygen atoms in total. The van der Waals surface area contributed by atoms with Crippen molar-refractivity contribution in [2.75, 3.05) is 52.6 Å². The van der Waals surface area contributed by atoms with Gasteiger partial charge in [0.15, 0.2) is 11.5 Å². The first-order valence-electron chi connectivity index (χ1n) is 17.3. The van der Waals surface area contributed by atoms with Gasteiger partial charge >= 0.3 is 17.1 Å². The minimum Gasteiger partial charge on any atom is -0.490 e. The van der Waals surface area contributed by atoms with Crippen molar-refractivity contribution in [3.8, 4) is 34.4 Å². The molecule has 0 fully saturated rings. The summed E-state index contributed by atoms with van der Waals surface area (Å²) in [6.07, 6.45) is 3.54. The second-order valence-electron chi connectivity index (χ2n) is 11.4. The molecule has 2 aromatic heterocycles. The van der Waals surface area contributed by atoms with Gasteiger partial charge in [-0.25, -0.2) is 37.3 Å². The molecule has 58 heavy (non-hydrogen) atoms. The molecule has 9 rings (SSSR count). The second kappa shape index (κ2) is 28.3. The molecular weight excluding hydrogens is 853 g/mol. The molecule has 317 valence electrons. The van der Waals surface area contributed by atoms with Gasteiger partial charge in [0.05, 0.1) is 11.4 Å². The van der Waals surface area contributed by atoms with Crippen molar-refractivity contribution >= 4 is 0 Å². The zero-order valence-electron chi connectivity index (χ0n) is 31.0. The Balaban J connectivity index is 0.000000410. The standard InChI is InChI=1S/C28H35N3O4.C10H8N2.2ClHO4.Cu/c1-2-4-28-27(3-1)34-19-17-32-25-9-5-23(6-10-25)21-30-15-13-29-14-16-31-22-24-7-11-26(12-8-24)33-18-20-35-28;1-3-7-11-9(5-1)10-6-2-4-8-12-10;2*2-1(3,4)5;/h1-12,29-31H,13-22H2;1-8H;2*(H,2,3,4,5);/q;;;;+2/p-2. The summed E-state index contributed by atoms with van der Waals surface area (Å²) in [5.74, 6) is 3.05. The largest absolute Gasteiger partial charge is 2.00 e. The maximum Gasteiger partial charge on any atom is 2.00 e. The fraction of sp³-hybridized carbons (Fsp3) is 0.263. The van der Waals surface area contributed by atoms with Gasteiger partial charge < -0.3 is 34.9 Å². The summed E-state index contributed by atoms with van der Waals surface area (Å²) < 4.78 is 91.4. The van der Waals surface area contributed by atoms with E-state index in [4.69, 9.17) is 56.2 Å². The van der Waals surface area contributed by atoms with E-state index in [2.05, 4.69) is 50.2 Å². The van der Waals surface area contributed by atoms with Gasteiger partial charge in [-0.1, -0.05) is 48.5 Å². The van der Waals surface area contributed by atoms with E-state index in [0.717, 1.165) is 62.2 Å². The maximum atomic E-state index is 8.49. The topological polar surface area (TPSA) is 283 Å². The Kier molecular flexibility index (Phi) is 24.4. The van der Waals surface area contributed by atoms with Crippen LogP contribution in [0.15, 0.2) is 122 Å². The first-order valence-corrected chi connectivity index (χ1v) is 19.8. The van der Waals surface area contributed by atoms with Gasteiger partial charge in [-0.2, -0.15) is 0 Å². The third kappa shape index (κ3) is 25.2. The number of nitrogens with one attached hydrogen (secondary N) is 3. The van der Waals surface area contributed by atoms with E-state index in [1.165, 1.54) is 11.1 Å². The van der Waals surface area contributed by atoms with Crippen molar-refractivity contribution in [2.45, 2.75) is 13.1 Å². The second-order valence-corrected chi connectivity index (χ2v) is 12.9. The van der Waals surface area contributed by atoms with E-state index < -0.39 is 20.5 Å². The van der Waals surface area contributed by atoms with E-state index in [0.29, 0.717) is 37.9 Å². The third-order valence-electron chi connectivity index (χ3n) is 7.12. The van der Waals surface area contributed by atoms with Crippen molar-refractivity contribution in [1.82, 2.24) is 25.9 Å². The summed E-state index contributed by atoms with van der Waals surface area (Å²) in [6, 6.07) is 35.6. The molecule has 4 aliphatic rings. The number of nitrogens with zero attached hydrogens (tertiary/aromatic N) is 2. The predicted octanol–water partition coefficient (Wildman–Crippen LogP) is -3.99. The van der Waals surface area contributed by atoms with Crippen LogP contribution in [0, 0.1) is 20.5 Å². The summed E-state index contributed by atoms with van der Waals surface area (Å²) in [5, 5.41) is 10.4. The zero-order chi connectivity index (χ0) is 41.2. The minimum absolute atomic E-state index is 0. The maximum absolute atomic E-state index is 8.49. The molecule has 6 heterocycles. The Morgan fingerprint density at radius 2 is 0.741 bits per heavy atom. The molecule has 0 spiro atoms. The number of ether oxygens (including phenoxy) is 4. The van der Waals surface area contributed by atoms with Crippen LogP contribution in [0.4, 0.5) is 0 Å². The van der Waals surface area contributed by atoms with Crippen LogP contribution < -0.4 is 72.2 Å². The Hall–Kier alpha value is -4.18. The van der Waals surface area contributed by atoms with Crippen LogP contribution in [-0.2, 0) is 30.2 Å². The minimum atomic E-state index is -4.94. The smallest absolute Gasteiger partial charge is 0.490 e. The fourth-order valence-corrected chi connectivity index (χ4v) is 4.69. The van der Waals surface area contributed by atoms with Crippen molar-refractivity contribution in [1.29, 1.82) is 0 Å². The summed E-state index contributed by atoms with van der Waals surface area (Å²) >= 11 is 0. The van der Waals surface area contributed by atoms with Crippen LogP contribution in [0.1, 0.15) is 11.1 Å². The van der Waals surface area contributed by atoms with E-state index in [9.17, 15) is 0 Å². The molecule has 4 aliphatic heterocycles. The monoisotopic (exact) mass is 894 g/mol. The Bertz CT molecular complexity index is 1640. The number of aromatic nitrogens is 2. The number of halogens is 2. The summed E-state index contributed by atoms with van der Waals surface area (Å²) in [6.45, 7) is 7.12. The van der Waals surface area contributed by atoms with Crippen LogP contribution in [0.3, 0.4) is 0 Å². The summed E-state index contributed by atoms with van der Waals surface area (Å²) in [7, 11) is -9.89. The first kappa shape index (κ1) is 50.0. The van der Waals surface area contributed by atoms with Crippen LogP contribution in [0.2, 0.25) is 0 Å². The van der Waals surface area contributed by atoms with E-state index in [1.54, 1.807) is 12.4 Å².